The first-order valence-electron chi connectivity index (χ1n) is 4.58. The van der Waals surface area contributed by atoms with Gasteiger partial charge in [-0.25, -0.2) is 0 Å². The zero-order valence-corrected chi connectivity index (χ0v) is 9.49. The second kappa shape index (κ2) is 4.89. The van der Waals surface area contributed by atoms with E-state index in [0.717, 1.165) is 12.2 Å². The molecule has 1 rings (SSSR count). The molecule has 5 heteroatoms. The number of anilines is 1. The predicted molar refractivity (Wildman–Crippen MR) is 62.9 cm³/mol. The smallest absolute Gasteiger partial charge is 0.172 e. The molecule has 0 radical (unpaired) electrons. The van der Waals surface area contributed by atoms with E-state index in [4.69, 9.17) is 22.5 Å². The summed E-state index contributed by atoms with van der Waals surface area (Å²) >= 11 is 5.86. The molecule has 0 saturated heterocycles. The van der Waals surface area contributed by atoms with Gasteiger partial charge in [0.05, 0.1) is 0 Å². The van der Waals surface area contributed by atoms with Crippen molar-refractivity contribution in [1.82, 2.24) is 0 Å². The predicted octanol–water partition coefficient (Wildman–Crippen LogP) is 1.89. The summed E-state index contributed by atoms with van der Waals surface area (Å²) in [7, 11) is 1.93. The van der Waals surface area contributed by atoms with E-state index in [-0.39, 0.29) is 5.84 Å². The Morgan fingerprint density at radius 3 is 2.80 bits per heavy atom. The van der Waals surface area contributed by atoms with E-state index in [1.165, 1.54) is 0 Å². The highest BCUT2D eigenvalue weighted by Gasteiger charge is 2.10. The molecule has 82 valence electrons. The van der Waals surface area contributed by atoms with Crippen molar-refractivity contribution in [3.63, 3.8) is 0 Å². The molecule has 1 aromatic carbocycles. The Morgan fingerprint density at radius 2 is 2.27 bits per heavy atom. The Balaban J connectivity index is 3.26. The zero-order valence-electron chi connectivity index (χ0n) is 8.74. The van der Waals surface area contributed by atoms with Crippen molar-refractivity contribution >= 4 is 23.1 Å². The molecule has 0 aromatic heterocycles. The van der Waals surface area contributed by atoms with Crippen molar-refractivity contribution in [1.29, 1.82) is 0 Å². The Bertz CT molecular complexity index is 379. The molecule has 0 unspecified atom stereocenters. The van der Waals surface area contributed by atoms with Gasteiger partial charge in [-0.2, -0.15) is 0 Å². The zero-order chi connectivity index (χ0) is 11.4. The van der Waals surface area contributed by atoms with E-state index in [1.54, 1.807) is 12.1 Å². The molecule has 0 amide bonds. The molecule has 0 fully saturated rings. The highest BCUT2D eigenvalue weighted by atomic mass is 35.5. The maximum atomic E-state index is 8.66. The molecule has 3 N–H and O–H groups in total. The van der Waals surface area contributed by atoms with Gasteiger partial charge >= 0.3 is 0 Å². The minimum atomic E-state index is 0.0628. The Morgan fingerprint density at radius 1 is 1.60 bits per heavy atom. The molecule has 4 nitrogen and oxygen atoms in total. The lowest BCUT2D eigenvalue weighted by Gasteiger charge is -2.20. The highest BCUT2D eigenvalue weighted by Crippen LogP contribution is 2.23. The maximum Gasteiger partial charge on any atom is 0.172 e. The summed E-state index contributed by atoms with van der Waals surface area (Å²) < 4.78 is 0. The van der Waals surface area contributed by atoms with Gasteiger partial charge in [0.25, 0.3) is 0 Å². The fourth-order valence-electron chi connectivity index (χ4n) is 1.27. The first kappa shape index (κ1) is 11.7. The number of oxime groups is 1. The molecule has 0 saturated carbocycles. The standard InChI is InChI=1S/C10H14ClN3O/c1-3-14(2)9-5-4-7(11)6-8(9)10(12)13-15/h4-6,15H,3H2,1-2H3,(H2,12,13). The van der Waals surface area contributed by atoms with Crippen LogP contribution in [0.15, 0.2) is 23.4 Å². The summed E-state index contributed by atoms with van der Waals surface area (Å²) in [6.45, 7) is 2.85. The normalized spacial score (nSPS) is 11.5. The van der Waals surface area contributed by atoms with E-state index in [9.17, 15) is 0 Å². The van der Waals surface area contributed by atoms with Crippen LogP contribution in [0.25, 0.3) is 0 Å². The molecule has 0 spiro atoms. The summed E-state index contributed by atoms with van der Waals surface area (Å²) in [6, 6.07) is 5.30. The van der Waals surface area contributed by atoms with Gasteiger partial charge in [-0.15, -0.1) is 0 Å². The number of hydrogen-bond donors (Lipinski definition) is 2. The van der Waals surface area contributed by atoms with Crippen LogP contribution in [0.2, 0.25) is 5.02 Å². The molecule has 15 heavy (non-hydrogen) atoms. The third kappa shape index (κ3) is 2.53. The van der Waals surface area contributed by atoms with Crippen molar-refractivity contribution in [2.45, 2.75) is 6.92 Å². The van der Waals surface area contributed by atoms with Crippen LogP contribution in [0.4, 0.5) is 5.69 Å². The topological polar surface area (TPSA) is 61.8 Å². The quantitative estimate of drug-likeness (QED) is 0.359. The van der Waals surface area contributed by atoms with Crippen molar-refractivity contribution in [2.24, 2.45) is 10.9 Å². The van der Waals surface area contributed by atoms with Crippen molar-refractivity contribution in [2.75, 3.05) is 18.5 Å². The van der Waals surface area contributed by atoms with E-state index < -0.39 is 0 Å². The Kier molecular flexibility index (Phi) is 3.80. The number of halogens is 1. The van der Waals surface area contributed by atoms with E-state index in [2.05, 4.69) is 5.16 Å². The highest BCUT2D eigenvalue weighted by molar-refractivity contribution is 6.31. The van der Waals surface area contributed by atoms with Gasteiger partial charge < -0.3 is 15.8 Å². The van der Waals surface area contributed by atoms with Crippen LogP contribution in [-0.4, -0.2) is 24.6 Å². The Labute approximate surface area is 93.9 Å². The molecule has 1 aromatic rings. The van der Waals surface area contributed by atoms with E-state index in [1.807, 2.05) is 24.9 Å². The van der Waals surface area contributed by atoms with Gasteiger partial charge in [0, 0.05) is 29.9 Å². The SMILES string of the molecule is CCN(C)c1ccc(Cl)cc1C(N)=NO. The van der Waals surface area contributed by atoms with Gasteiger partial charge in [0.15, 0.2) is 5.84 Å². The van der Waals surface area contributed by atoms with Crippen LogP contribution in [0.5, 0.6) is 0 Å². The molecule has 0 bridgehead atoms. The van der Waals surface area contributed by atoms with Crippen LogP contribution in [-0.2, 0) is 0 Å². The van der Waals surface area contributed by atoms with Crippen molar-refractivity contribution in [3.05, 3.63) is 28.8 Å². The van der Waals surface area contributed by atoms with Crippen LogP contribution < -0.4 is 10.6 Å². The summed E-state index contributed by atoms with van der Waals surface area (Å²) in [5.41, 5.74) is 7.09. The fraction of sp³-hybridized carbons (Fsp3) is 0.300. The first-order valence-corrected chi connectivity index (χ1v) is 4.96. The number of nitrogens with two attached hydrogens (primary N) is 1. The van der Waals surface area contributed by atoms with Crippen molar-refractivity contribution < 1.29 is 5.21 Å². The summed E-state index contributed by atoms with van der Waals surface area (Å²) in [6.07, 6.45) is 0. The van der Waals surface area contributed by atoms with Gasteiger partial charge in [-0.3, -0.25) is 0 Å². The summed E-state index contributed by atoms with van der Waals surface area (Å²) in [4.78, 5) is 1.99. The lowest BCUT2D eigenvalue weighted by molar-refractivity contribution is 0.318. The third-order valence-corrected chi connectivity index (χ3v) is 2.46. The molecule has 0 aliphatic carbocycles. The lowest BCUT2D eigenvalue weighted by Crippen LogP contribution is -2.22. The largest absolute Gasteiger partial charge is 0.409 e. The minimum Gasteiger partial charge on any atom is -0.409 e. The number of benzene rings is 1. The van der Waals surface area contributed by atoms with Gasteiger partial charge in [0.1, 0.15) is 0 Å². The average Bonchev–Trinajstić information content (AvgIpc) is 2.26. The van der Waals surface area contributed by atoms with Gasteiger partial charge in [-0.05, 0) is 25.1 Å². The van der Waals surface area contributed by atoms with Crippen LogP contribution >= 0.6 is 11.6 Å². The Hall–Kier alpha value is -1.42. The second-order valence-corrected chi connectivity index (χ2v) is 3.60. The van der Waals surface area contributed by atoms with Crippen LogP contribution in [0, 0.1) is 0 Å². The molecule has 0 atom stereocenters. The van der Waals surface area contributed by atoms with E-state index in [0.29, 0.717) is 10.6 Å². The average molecular weight is 228 g/mol. The number of nitrogens with zero attached hydrogens (tertiary/aromatic N) is 2. The molecule has 0 aliphatic heterocycles. The lowest BCUT2D eigenvalue weighted by atomic mass is 10.1. The van der Waals surface area contributed by atoms with Crippen LogP contribution in [0.3, 0.4) is 0 Å². The summed E-state index contributed by atoms with van der Waals surface area (Å²) in [5.74, 6) is 0.0628. The minimum absolute atomic E-state index is 0.0628. The molecule has 0 heterocycles. The monoisotopic (exact) mass is 227 g/mol. The molecular weight excluding hydrogens is 214 g/mol. The van der Waals surface area contributed by atoms with E-state index >= 15 is 0 Å². The summed E-state index contributed by atoms with van der Waals surface area (Å²) in [5, 5.41) is 12.2. The second-order valence-electron chi connectivity index (χ2n) is 3.16. The maximum absolute atomic E-state index is 8.66. The van der Waals surface area contributed by atoms with Gasteiger partial charge in [-0.1, -0.05) is 16.8 Å². The molecular formula is C10H14ClN3O. The first-order chi connectivity index (χ1) is 7.10. The number of rotatable bonds is 3. The number of amidine groups is 1. The third-order valence-electron chi connectivity index (χ3n) is 2.23. The van der Waals surface area contributed by atoms with Gasteiger partial charge in [0.2, 0.25) is 0 Å². The molecule has 0 aliphatic rings. The fourth-order valence-corrected chi connectivity index (χ4v) is 1.44. The number of hydrogen-bond acceptors (Lipinski definition) is 3. The van der Waals surface area contributed by atoms with Crippen LogP contribution in [0.1, 0.15) is 12.5 Å². The van der Waals surface area contributed by atoms with Crippen molar-refractivity contribution in [3.8, 4) is 0 Å².